The molecular weight excluding hydrogens is 426 g/mol. The molecule has 162 valence electrons. The van der Waals surface area contributed by atoms with Gasteiger partial charge in [0.25, 0.3) is 5.56 Å². The molecule has 1 heterocycles. The number of fused-ring (bicyclic) bond motifs is 1. The fourth-order valence-corrected chi connectivity index (χ4v) is 3.85. The van der Waals surface area contributed by atoms with Crippen LogP contribution in [0.5, 0.6) is 0 Å². The third-order valence-electron chi connectivity index (χ3n) is 5.36. The molecule has 0 aliphatic carbocycles. The molecular formula is C25H22ClN3O3. The molecule has 0 saturated heterocycles. The van der Waals surface area contributed by atoms with Crippen LogP contribution in [0.2, 0.25) is 5.02 Å². The zero-order chi connectivity index (χ0) is 22.7. The molecule has 0 radical (unpaired) electrons. The molecule has 1 N–H and O–H groups in total. The maximum atomic E-state index is 13.3. The van der Waals surface area contributed by atoms with Crippen LogP contribution in [0.4, 0.5) is 5.69 Å². The minimum atomic E-state index is -0.539. The lowest BCUT2D eigenvalue weighted by Gasteiger charge is -2.15. The largest absolute Gasteiger partial charge is 0.332 e. The highest BCUT2D eigenvalue weighted by molar-refractivity contribution is 6.30. The zero-order valence-electron chi connectivity index (χ0n) is 17.5. The quantitative estimate of drug-likeness (QED) is 0.484. The van der Waals surface area contributed by atoms with Crippen LogP contribution in [-0.4, -0.2) is 15.0 Å². The number of benzene rings is 3. The summed E-state index contributed by atoms with van der Waals surface area (Å²) in [4.78, 5) is 39.2. The number of halogens is 1. The van der Waals surface area contributed by atoms with E-state index in [2.05, 4.69) is 5.32 Å². The normalized spacial score (nSPS) is 10.9. The summed E-state index contributed by atoms with van der Waals surface area (Å²) in [5.74, 6) is -0.338. The molecule has 0 atom stereocenters. The van der Waals surface area contributed by atoms with Crippen molar-refractivity contribution < 1.29 is 4.79 Å². The van der Waals surface area contributed by atoms with Gasteiger partial charge in [0.1, 0.15) is 6.54 Å². The third-order valence-corrected chi connectivity index (χ3v) is 5.61. The summed E-state index contributed by atoms with van der Waals surface area (Å²) in [6, 6.07) is 21.3. The number of para-hydroxylation sites is 2. The first-order valence-electron chi connectivity index (χ1n) is 10.3. The van der Waals surface area contributed by atoms with Crippen LogP contribution >= 0.6 is 11.6 Å². The van der Waals surface area contributed by atoms with Crippen molar-refractivity contribution in [1.82, 2.24) is 9.13 Å². The number of hydrogen-bond donors (Lipinski definition) is 1. The summed E-state index contributed by atoms with van der Waals surface area (Å²) in [6.45, 7) is 1.88. The van der Waals surface area contributed by atoms with Crippen molar-refractivity contribution in [3.63, 3.8) is 0 Å². The topological polar surface area (TPSA) is 73.1 Å². The Morgan fingerprint density at radius 3 is 2.34 bits per heavy atom. The molecule has 4 rings (SSSR count). The first-order chi connectivity index (χ1) is 15.5. The van der Waals surface area contributed by atoms with E-state index in [-0.39, 0.29) is 19.0 Å². The van der Waals surface area contributed by atoms with Crippen molar-refractivity contribution in [2.24, 2.45) is 0 Å². The Labute approximate surface area is 189 Å². The minimum Gasteiger partial charge on any atom is -0.324 e. The Kier molecular flexibility index (Phi) is 6.23. The first kappa shape index (κ1) is 21.6. The molecule has 6 nitrogen and oxygen atoms in total. The van der Waals surface area contributed by atoms with Gasteiger partial charge in [-0.15, -0.1) is 0 Å². The molecule has 1 amide bonds. The van der Waals surface area contributed by atoms with Crippen LogP contribution in [0.25, 0.3) is 10.9 Å². The van der Waals surface area contributed by atoms with Gasteiger partial charge in [-0.25, -0.2) is 4.79 Å². The lowest BCUT2D eigenvalue weighted by atomic mass is 10.1. The molecule has 4 aromatic rings. The van der Waals surface area contributed by atoms with E-state index in [9.17, 15) is 14.4 Å². The molecule has 0 unspecified atom stereocenters. The van der Waals surface area contributed by atoms with Gasteiger partial charge >= 0.3 is 5.69 Å². The van der Waals surface area contributed by atoms with E-state index in [0.29, 0.717) is 21.6 Å². The van der Waals surface area contributed by atoms with Gasteiger partial charge in [-0.3, -0.25) is 18.7 Å². The Morgan fingerprint density at radius 1 is 0.906 bits per heavy atom. The number of rotatable bonds is 6. The molecule has 0 fully saturated rings. The Morgan fingerprint density at radius 2 is 1.59 bits per heavy atom. The summed E-state index contributed by atoms with van der Waals surface area (Å²) >= 11 is 5.95. The van der Waals surface area contributed by atoms with E-state index >= 15 is 0 Å². The van der Waals surface area contributed by atoms with Gasteiger partial charge in [-0.1, -0.05) is 61.0 Å². The van der Waals surface area contributed by atoms with E-state index in [1.165, 1.54) is 4.57 Å². The predicted molar refractivity (Wildman–Crippen MR) is 127 cm³/mol. The second-order valence-corrected chi connectivity index (χ2v) is 7.90. The number of carbonyl (C=O) groups excluding carboxylic acids is 1. The van der Waals surface area contributed by atoms with Crippen molar-refractivity contribution >= 4 is 34.1 Å². The number of amides is 1. The van der Waals surface area contributed by atoms with Crippen LogP contribution in [0.15, 0.2) is 82.4 Å². The number of nitrogens with zero attached hydrogens (tertiary/aromatic N) is 2. The zero-order valence-corrected chi connectivity index (χ0v) is 18.3. The van der Waals surface area contributed by atoms with Gasteiger partial charge in [0.05, 0.1) is 17.4 Å². The molecule has 0 spiro atoms. The molecule has 1 aromatic heterocycles. The number of hydrogen-bond acceptors (Lipinski definition) is 3. The van der Waals surface area contributed by atoms with Crippen LogP contribution in [0.3, 0.4) is 0 Å². The monoisotopic (exact) mass is 447 g/mol. The molecule has 0 aliphatic heterocycles. The molecule has 32 heavy (non-hydrogen) atoms. The van der Waals surface area contributed by atoms with Gasteiger partial charge < -0.3 is 5.32 Å². The van der Waals surface area contributed by atoms with Crippen LogP contribution < -0.4 is 16.6 Å². The average molecular weight is 448 g/mol. The second kappa shape index (κ2) is 9.24. The van der Waals surface area contributed by atoms with E-state index < -0.39 is 11.2 Å². The fourth-order valence-electron chi connectivity index (χ4n) is 3.72. The van der Waals surface area contributed by atoms with E-state index in [1.807, 2.05) is 31.2 Å². The smallest absolute Gasteiger partial charge is 0.324 e. The fraction of sp³-hybridized carbons (Fsp3) is 0.160. The van der Waals surface area contributed by atoms with Crippen LogP contribution in [-0.2, 0) is 24.3 Å². The number of aromatic nitrogens is 2. The highest BCUT2D eigenvalue weighted by atomic mass is 35.5. The first-order valence-corrected chi connectivity index (χ1v) is 10.7. The highest BCUT2D eigenvalue weighted by Crippen LogP contribution is 2.16. The number of carbonyl (C=O) groups is 1. The van der Waals surface area contributed by atoms with E-state index in [1.54, 1.807) is 48.5 Å². The van der Waals surface area contributed by atoms with Crippen LogP contribution in [0.1, 0.15) is 18.1 Å². The van der Waals surface area contributed by atoms with Crippen molar-refractivity contribution in [3.05, 3.63) is 110 Å². The molecule has 0 bridgehead atoms. The average Bonchev–Trinajstić information content (AvgIpc) is 2.81. The lowest BCUT2D eigenvalue weighted by molar-refractivity contribution is -0.116. The lowest BCUT2D eigenvalue weighted by Crippen LogP contribution is -2.42. The maximum Gasteiger partial charge on any atom is 0.332 e. The summed E-state index contributed by atoms with van der Waals surface area (Å²) in [7, 11) is 0. The Bertz CT molecular complexity index is 1400. The SMILES string of the molecule is CCc1ccccc1NC(=O)Cn1c(=O)n(Cc2ccc(Cl)cc2)c(=O)c2ccccc21. The minimum absolute atomic E-state index is 0.0833. The summed E-state index contributed by atoms with van der Waals surface area (Å²) < 4.78 is 2.50. The molecule has 0 saturated carbocycles. The van der Waals surface area contributed by atoms with Gasteiger partial charge in [0.15, 0.2) is 0 Å². The second-order valence-electron chi connectivity index (χ2n) is 7.46. The van der Waals surface area contributed by atoms with Gasteiger partial charge in [-0.2, -0.15) is 0 Å². The van der Waals surface area contributed by atoms with E-state index in [0.717, 1.165) is 22.1 Å². The molecule has 0 aliphatic rings. The van der Waals surface area contributed by atoms with Crippen molar-refractivity contribution in [2.75, 3.05) is 5.32 Å². The number of aryl methyl sites for hydroxylation is 1. The van der Waals surface area contributed by atoms with E-state index in [4.69, 9.17) is 11.6 Å². The Hall–Kier alpha value is -3.64. The number of nitrogens with one attached hydrogen (secondary N) is 1. The van der Waals surface area contributed by atoms with Crippen molar-refractivity contribution in [2.45, 2.75) is 26.4 Å². The van der Waals surface area contributed by atoms with Crippen molar-refractivity contribution in [1.29, 1.82) is 0 Å². The van der Waals surface area contributed by atoms with Crippen LogP contribution in [0, 0.1) is 0 Å². The summed E-state index contributed by atoms with van der Waals surface area (Å²) in [6.07, 6.45) is 0.769. The molecule has 7 heteroatoms. The highest BCUT2D eigenvalue weighted by Gasteiger charge is 2.16. The molecule has 3 aromatic carbocycles. The van der Waals surface area contributed by atoms with Gasteiger partial charge in [0, 0.05) is 10.7 Å². The maximum absolute atomic E-state index is 13.3. The standard InChI is InChI=1S/C25H22ClN3O3/c1-2-18-7-3-5-9-21(18)27-23(30)16-28-22-10-6-4-8-20(22)24(31)29(25(28)32)15-17-11-13-19(26)14-12-17/h3-14H,2,15-16H2,1H3,(H,27,30). The van der Waals surface area contributed by atoms with Crippen molar-refractivity contribution in [3.8, 4) is 0 Å². The Balaban J connectivity index is 1.75. The predicted octanol–water partition coefficient (Wildman–Crippen LogP) is 4.07. The van der Waals surface area contributed by atoms with Gasteiger partial charge in [0.2, 0.25) is 5.91 Å². The summed E-state index contributed by atoms with van der Waals surface area (Å²) in [5, 5.41) is 3.84. The number of anilines is 1. The third kappa shape index (κ3) is 4.36. The van der Waals surface area contributed by atoms with Gasteiger partial charge in [-0.05, 0) is 47.9 Å². The summed E-state index contributed by atoms with van der Waals surface area (Å²) in [5.41, 5.74) is 1.97.